The van der Waals surface area contributed by atoms with Crippen LogP contribution in [-0.2, 0) is 4.79 Å². The average Bonchev–Trinajstić information content (AvgIpc) is 2.03. The molecule has 1 aliphatic rings. The topological polar surface area (TPSA) is 32.3 Å². The first kappa shape index (κ1) is 8.53. The Morgan fingerprint density at radius 1 is 1.64 bits per heavy atom. The molecule has 0 unspecified atom stereocenters. The second-order valence-corrected chi connectivity index (χ2v) is 3.22. The van der Waals surface area contributed by atoms with Crippen molar-refractivity contribution in [3.8, 4) is 0 Å². The minimum absolute atomic E-state index is 0.191. The zero-order valence-corrected chi connectivity index (χ0v) is 7.26. The van der Waals surface area contributed by atoms with Crippen molar-refractivity contribution < 1.29 is 4.79 Å². The van der Waals surface area contributed by atoms with Crippen molar-refractivity contribution in [3.05, 3.63) is 0 Å². The second-order valence-electron chi connectivity index (χ2n) is 3.22. The van der Waals surface area contributed by atoms with Crippen LogP contribution in [0.3, 0.4) is 0 Å². The molecule has 11 heavy (non-hydrogen) atoms. The maximum Gasteiger partial charge on any atom is 0.224 e. The van der Waals surface area contributed by atoms with E-state index in [0.29, 0.717) is 0 Å². The lowest BCUT2D eigenvalue weighted by molar-refractivity contribution is -0.126. The Hall–Kier alpha value is -0.570. The Labute approximate surface area is 67.8 Å². The summed E-state index contributed by atoms with van der Waals surface area (Å²) in [6, 6.07) is 0. The summed E-state index contributed by atoms with van der Waals surface area (Å²) in [4.78, 5) is 13.4. The van der Waals surface area contributed by atoms with Crippen LogP contribution >= 0.6 is 0 Å². The highest BCUT2D eigenvalue weighted by atomic mass is 16.1. The molecule has 1 rings (SSSR count). The van der Waals surface area contributed by atoms with Crippen molar-refractivity contribution in [1.82, 2.24) is 10.2 Å². The van der Waals surface area contributed by atoms with Gasteiger partial charge in [-0.15, -0.1) is 0 Å². The maximum atomic E-state index is 11.2. The van der Waals surface area contributed by atoms with Crippen LogP contribution in [0.1, 0.15) is 12.8 Å². The van der Waals surface area contributed by atoms with Gasteiger partial charge in [-0.05, 0) is 26.4 Å². The number of hydrogen-bond donors (Lipinski definition) is 1. The van der Waals surface area contributed by atoms with E-state index in [1.807, 2.05) is 0 Å². The van der Waals surface area contributed by atoms with Crippen molar-refractivity contribution in [3.63, 3.8) is 0 Å². The van der Waals surface area contributed by atoms with E-state index >= 15 is 0 Å². The number of likely N-dealkylation sites (tertiary alicyclic amines) is 1. The first-order chi connectivity index (χ1) is 5.24. The Morgan fingerprint density at radius 3 is 2.91 bits per heavy atom. The average molecular weight is 156 g/mol. The highest BCUT2D eigenvalue weighted by Gasteiger charge is 2.22. The quantitative estimate of drug-likeness (QED) is 0.583. The van der Waals surface area contributed by atoms with Crippen LogP contribution in [-0.4, -0.2) is 38.0 Å². The zero-order chi connectivity index (χ0) is 8.27. The van der Waals surface area contributed by atoms with E-state index in [1.54, 1.807) is 7.05 Å². The van der Waals surface area contributed by atoms with Gasteiger partial charge in [-0.25, -0.2) is 0 Å². The van der Waals surface area contributed by atoms with Crippen molar-refractivity contribution in [1.29, 1.82) is 0 Å². The van der Waals surface area contributed by atoms with Crippen LogP contribution in [0.2, 0.25) is 0 Å². The number of rotatable bonds is 1. The van der Waals surface area contributed by atoms with Gasteiger partial charge in [0.2, 0.25) is 5.91 Å². The van der Waals surface area contributed by atoms with Gasteiger partial charge in [0, 0.05) is 13.6 Å². The van der Waals surface area contributed by atoms with Crippen LogP contribution in [0.4, 0.5) is 0 Å². The minimum atomic E-state index is 0.191. The molecule has 0 bridgehead atoms. The van der Waals surface area contributed by atoms with Gasteiger partial charge >= 0.3 is 0 Å². The van der Waals surface area contributed by atoms with E-state index in [9.17, 15) is 4.79 Å². The van der Waals surface area contributed by atoms with Gasteiger partial charge in [0.15, 0.2) is 0 Å². The van der Waals surface area contributed by atoms with Gasteiger partial charge in [-0.1, -0.05) is 0 Å². The molecule has 1 fully saturated rings. The summed E-state index contributed by atoms with van der Waals surface area (Å²) in [5.41, 5.74) is 0. The zero-order valence-electron chi connectivity index (χ0n) is 7.26. The molecule has 0 aliphatic carbocycles. The molecule has 3 nitrogen and oxygen atoms in total. The molecular formula is C8H16N2O. The third-order valence-corrected chi connectivity index (χ3v) is 2.24. The Kier molecular flexibility index (Phi) is 2.88. The fourth-order valence-electron chi connectivity index (χ4n) is 1.58. The van der Waals surface area contributed by atoms with Gasteiger partial charge in [0.1, 0.15) is 0 Å². The van der Waals surface area contributed by atoms with Crippen LogP contribution in [0, 0.1) is 5.92 Å². The van der Waals surface area contributed by atoms with Crippen molar-refractivity contribution in [2.75, 3.05) is 27.2 Å². The largest absolute Gasteiger partial charge is 0.359 e. The van der Waals surface area contributed by atoms with Crippen LogP contribution in [0.25, 0.3) is 0 Å². The molecule has 0 aromatic carbocycles. The monoisotopic (exact) mass is 156 g/mol. The van der Waals surface area contributed by atoms with Gasteiger partial charge in [-0.2, -0.15) is 0 Å². The minimum Gasteiger partial charge on any atom is -0.359 e. The molecule has 1 aliphatic heterocycles. The van der Waals surface area contributed by atoms with E-state index < -0.39 is 0 Å². The number of carbonyl (C=O) groups excluding carboxylic acids is 1. The standard InChI is InChI=1S/C8H16N2O/c1-9-8(11)7-4-3-5-10(2)6-7/h7H,3-6H2,1-2H3,(H,9,11)/t7-/m1/s1. The number of amides is 1. The molecule has 1 N–H and O–H groups in total. The molecule has 1 atom stereocenters. The van der Waals surface area contributed by atoms with E-state index in [1.165, 1.54) is 0 Å². The molecule has 1 heterocycles. The van der Waals surface area contributed by atoms with Crippen LogP contribution < -0.4 is 5.32 Å². The number of nitrogens with one attached hydrogen (secondary N) is 1. The molecule has 0 aromatic rings. The van der Waals surface area contributed by atoms with E-state index in [4.69, 9.17) is 0 Å². The molecule has 0 aromatic heterocycles. The molecular weight excluding hydrogens is 140 g/mol. The smallest absolute Gasteiger partial charge is 0.224 e. The number of hydrogen-bond acceptors (Lipinski definition) is 2. The summed E-state index contributed by atoms with van der Waals surface area (Å²) in [7, 11) is 3.77. The fourth-order valence-corrected chi connectivity index (χ4v) is 1.58. The van der Waals surface area contributed by atoms with Gasteiger partial charge in [0.05, 0.1) is 5.92 Å². The number of carbonyl (C=O) groups is 1. The van der Waals surface area contributed by atoms with Crippen molar-refractivity contribution in [2.45, 2.75) is 12.8 Å². The van der Waals surface area contributed by atoms with Gasteiger partial charge in [-0.3, -0.25) is 4.79 Å². The molecule has 3 heteroatoms. The predicted octanol–water partition coefficient (Wildman–Crippen LogP) is 0.0742. The summed E-state index contributed by atoms with van der Waals surface area (Å²) < 4.78 is 0. The fraction of sp³-hybridized carbons (Fsp3) is 0.875. The molecule has 0 spiro atoms. The first-order valence-corrected chi connectivity index (χ1v) is 4.14. The highest BCUT2D eigenvalue weighted by Crippen LogP contribution is 2.14. The van der Waals surface area contributed by atoms with Crippen molar-refractivity contribution in [2.24, 2.45) is 5.92 Å². The van der Waals surface area contributed by atoms with E-state index in [0.717, 1.165) is 25.9 Å². The third-order valence-electron chi connectivity index (χ3n) is 2.24. The molecule has 1 amide bonds. The number of piperidine rings is 1. The predicted molar refractivity (Wildman–Crippen MR) is 44.3 cm³/mol. The third kappa shape index (κ3) is 2.19. The van der Waals surface area contributed by atoms with Gasteiger partial charge in [0.25, 0.3) is 0 Å². The van der Waals surface area contributed by atoms with Crippen LogP contribution in [0.15, 0.2) is 0 Å². The lowest BCUT2D eigenvalue weighted by Crippen LogP contribution is -2.40. The summed E-state index contributed by atoms with van der Waals surface area (Å²) in [6.45, 7) is 2.05. The van der Waals surface area contributed by atoms with E-state index in [-0.39, 0.29) is 11.8 Å². The van der Waals surface area contributed by atoms with E-state index in [2.05, 4.69) is 17.3 Å². The first-order valence-electron chi connectivity index (χ1n) is 4.14. The highest BCUT2D eigenvalue weighted by molar-refractivity contribution is 5.78. The molecule has 64 valence electrons. The van der Waals surface area contributed by atoms with Gasteiger partial charge < -0.3 is 10.2 Å². The molecule has 1 saturated heterocycles. The molecule has 0 radical (unpaired) electrons. The Bertz CT molecular complexity index is 147. The maximum absolute atomic E-state index is 11.2. The lowest BCUT2D eigenvalue weighted by Gasteiger charge is -2.28. The summed E-state index contributed by atoms with van der Waals surface area (Å²) in [6.07, 6.45) is 2.19. The summed E-state index contributed by atoms with van der Waals surface area (Å²) >= 11 is 0. The Balaban J connectivity index is 2.39. The second kappa shape index (κ2) is 3.72. The summed E-state index contributed by atoms with van der Waals surface area (Å²) in [5.74, 6) is 0.412. The van der Waals surface area contributed by atoms with Crippen LogP contribution in [0.5, 0.6) is 0 Å². The van der Waals surface area contributed by atoms with Crippen molar-refractivity contribution >= 4 is 5.91 Å². The number of nitrogens with zero attached hydrogens (tertiary/aromatic N) is 1. The summed E-state index contributed by atoms with van der Waals surface area (Å²) in [5, 5.41) is 2.69. The Morgan fingerprint density at radius 2 is 2.36 bits per heavy atom. The molecule has 0 saturated carbocycles. The SMILES string of the molecule is CNC(=O)[C@@H]1CCCN(C)C1. The lowest BCUT2D eigenvalue weighted by atomic mass is 9.98. The normalized spacial score (nSPS) is 26.5.